The highest BCUT2D eigenvalue weighted by Gasteiger charge is 2.35. The summed E-state index contributed by atoms with van der Waals surface area (Å²) in [6.07, 6.45) is 3.78. The molecule has 0 unspecified atom stereocenters. The van der Waals surface area contributed by atoms with E-state index in [0.29, 0.717) is 42.7 Å². The van der Waals surface area contributed by atoms with Crippen LogP contribution in [0.2, 0.25) is 5.02 Å². The standard InChI is InChI=1S/C37H31ClN2O5S2/c1-4-44-36(42)31-32(24-11-6-5-7-12-24)39-37-40(33(31)25-16-18-28(46-3)19-17-25)35(41)30(47-37)21-26-13-9-15-29(43-2)34(26)45-22-23-10-8-14-27(38)20-23/h5-21,33H,4,22H2,1-3H3/b30-21-/t33-/m1/s1. The van der Waals surface area contributed by atoms with Gasteiger partial charge in [-0.3, -0.25) is 9.36 Å². The van der Waals surface area contributed by atoms with Gasteiger partial charge in [0.1, 0.15) is 6.61 Å². The number of nitrogens with zero attached hydrogens (tertiary/aromatic N) is 2. The van der Waals surface area contributed by atoms with Crippen LogP contribution in [-0.2, 0) is 16.1 Å². The number of aromatic nitrogens is 1. The largest absolute Gasteiger partial charge is 0.493 e. The first-order valence-electron chi connectivity index (χ1n) is 14.9. The van der Waals surface area contributed by atoms with E-state index in [-0.39, 0.29) is 18.8 Å². The maximum absolute atomic E-state index is 14.4. The van der Waals surface area contributed by atoms with Crippen molar-refractivity contribution in [2.45, 2.75) is 24.5 Å². The molecule has 10 heteroatoms. The molecule has 238 valence electrons. The number of para-hydroxylation sites is 1. The molecule has 0 saturated carbocycles. The monoisotopic (exact) mass is 682 g/mol. The summed E-state index contributed by atoms with van der Waals surface area (Å²) in [6, 6.07) is 29.6. The van der Waals surface area contributed by atoms with Crippen LogP contribution in [0.25, 0.3) is 11.8 Å². The molecule has 0 N–H and O–H groups in total. The Bertz CT molecular complexity index is 2140. The van der Waals surface area contributed by atoms with E-state index in [0.717, 1.165) is 21.6 Å². The van der Waals surface area contributed by atoms with Gasteiger partial charge in [-0.2, -0.15) is 0 Å². The van der Waals surface area contributed by atoms with Crippen molar-refractivity contribution < 1.29 is 19.0 Å². The molecule has 7 nitrogen and oxygen atoms in total. The molecule has 0 aliphatic carbocycles. The fourth-order valence-corrected chi connectivity index (χ4v) is 7.04. The molecule has 1 aliphatic rings. The van der Waals surface area contributed by atoms with E-state index in [1.54, 1.807) is 42.5 Å². The number of halogens is 1. The summed E-state index contributed by atoms with van der Waals surface area (Å²) in [5.74, 6) is 0.492. The molecule has 1 aromatic heterocycles. The molecule has 1 aliphatic heterocycles. The van der Waals surface area contributed by atoms with Gasteiger partial charge in [0.25, 0.3) is 5.56 Å². The third-order valence-electron chi connectivity index (χ3n) is 7.59. The molecular weight excluding hydrogens is 652 g/mol. The highest BCUT2D eigenvalue weighted by Crippen LogP contribution is 2.36. The second kappa shape index (κ2) is 14.5. The van der Waals surface area contributed by atoms with Gasteiger partial charge in [0.05, 0.1) is 35.6 Å². The van der Waals surface area contributed by atoms with Crippen LogP contribution in [0.4, 0.5) is 0 Å². The number of hydrogen-bond acceptors (Lipinski definition) is 8. The number of carbonyl (C=O) groups excluding carboxylic acids is 1. The number of thioether (sulfide) groups is 1. The van der Waals surface area contributed by atoms with Gasteiger partial charge < -0.3 is 14.2 Å². The van der Waals surface area contributed by atoms with E-state index < -0.39 is 12.0 Å². The number of thiazole rings is 1. The molecule has 0 spiro atoms. The van der Waals surface area contributed by atoms with E-state index in [4.69, 9.17) is 30.8 Å². The van der Waals surface area contributed by atoms with Gasteiger partial charge >= 0.3 is 5.97 Å². The van der Waals surface area contributed by atoms with Gasteiger partial charge in [0.2, 0.25) is 0 Å². The van der Waals surface area contributed by atoms with Crippen molar-refractivity contribution in [2.24, 2.45) is 4.99 Å². The lowest BCUT2D eigenvalue weighted by Gasteiger charge is -2.26. The summed E-state index contributed by atoms with van der Waals surface area (Å²) in [4.78, 5) is 34.6. The van der Waals surface area contributed by atoms with Crippen LogP contribution in [-0.4, -0.2) is 30.5 Å². The lowest BCUT2D eigenvalue weighted by Crippen LogP contribution is -2.40. The zero-order chi connectivity index (χ0) is 32.9. The molecule has 6 rings (SSSR count). The second-order valence-corrected chi connectivity index (χ2v) is 12.8. The predicted molar refractivity (Wildman–Crippen MR) is 188 cm³/mol. The van der Waals surface area contributed by atoms with Crippen molar-refractivity contribution in [3.05, 3.63) is 150 Å². The topological polar surface area (TPSA) is 79.1 Å². The van der Waals surface area contributed by atoms with E-state index in [1.807, 2.05) is 97.3 Å². The van der Waals surface area contributed by atoms with Crippen molar-refractivity contribution in [2.75, 3.05) is 20.0 Å². The number of hydrogen-bond donors (Lipinski definition) is 0. The quantitative estimate of drug-likeness (QED) is 0.118. The minimum atomic E-state index is -0.762. The third-order valence-corrected chi connectivity index (χ3v) is 9.55. The summed E-state index contributed by atoms with van der Waals surface area (Å²) in [6.45, 7) is 2.19. The van der Waals surface area contributed by atoms with Crippen LogP contribution in [0.5, 0.6) is 11.5 Å². The number of benzene rings is 4. The molecular formula is C37H31ClN2O5S2. The molecule has 4 aromatic carbocycles. The Morgan fingerprint density at radius 1 is 1.02 bits per heavy atom. The SMILES string of the molecule is CCOC(=O)C1=C(c2ccccc2)N=c2s/c(=C\c3cccc(OC)c3OCc3cccc(Cl)c3)c(=O)n2[C@@H]1c1ccc(SC)cc1. The summed E-state index contributed by atoms with van der Waals surface area (Å²) in [5, 5.41) is 0.613. The Morgan fingerprint density at radius 3 is 2.49 bits per heavy atom. The molecule has 5 aromatic rings. The summed E-state index contributed by atoms with van der Waals surface area (Å²) in [7, 11) is 1.57. The van der Waals surface area contributed by atoms with Gasteiger partial charge in [-0.15, -0.1) is 11.8 Å². The fourth-order valence-electron chi connectivity index (χ4n) is 5.43. The third kappa shape index (κ3) is 6.79. The average molecular weight is 683 g/mol. The van der Waals surface area contributed by atoms with Gasteiger partial charge in [-0.25, -0.2) is 9.79 Å². The number of methoxy groups -OCH3 is 1. The first kappa shape index (κ1) is 32.4. The smallest absolute Gasteiger partial charge is 0.338 e. The first-order chi connectivity index (χ1) is 22.9. The molecule has 0 amide bonds. The van der Waals surface area contributed by atoms with Crippen LogP contribution in [0.1, 0.15) is 35.2 Å². The predicted octanol–water partition coefficient (Wildman–Crippen LogP) is 6.90. The Morgan fingerprint density at radius 2 is 1.79 bits per heavy atom. The second-order valence-electron chi connectivity index (χ2n) is 10.5. The van der Waals surface area contributed by atoms with Gasteiger partial charge in [-0.05, 0) is 60.7 Å². The first-order valence-corrected chi connectivity index (χ1v) is 17.3. The normalized spacial score (nSPS) is 14.4. The Labute approximate surface area is 285 Å². The summed E-state index contributed by atoms with van der Waals surface area (Å²) in [5.41, 5.74) is 3.57. The number of esters is 1. The average Bonchev–Trinajstić information content (AvgIpc) is 3.41. The maximum Gasteiger partial charge on any atom is 0.338 e. The zero-order valence-electron chi connectivity index (χ0n) is 25.9. The molecule has 47 heavy (non-hydrogen) atoms. The Kier molecular flexibility index (Phi) is 9.96. The van der Waals surface area contributed by atoms with Crippen molar-refractivity contribution in [1.29, 1.82) is 0 Å². The number of rotatable bonds is 10. The molecule has 1 atom stereocenters. The molecule has 0 fully saturated rings. The lowest BCUT2D eigenvalue weighted by molar-refractivity contribution is -0.138. The molecule has 0 bridgehead atoms. The van der Waals surface area contributed by atoms with Crippen molar-refractivity contribution in [3.8, 4) is 11.5 Å². The Hall–Kier alpha value is -4.57. The number of ether oxygens (including phenoxy) is 3. The van der Waals surface area contributed by atoms with E-state index in [2.05, 4.69) is 0 Å². The highest BCUT2D eigenvalue weighted by atomic mass is 35.5. The van der Waals surface area contributed by atoms with E-state index in [9.17, 15) is 9.59 Å². The van der Waals surface area contributed by atoms with Gasteiger partial charge in [0.15, 0.2) is 16.3 Å². The van der Waals surface area contributed by atoms with E-state index >= 15 is 0 Å². The van der Waals surface area contributed by atoms with Crippen LogP contribution in [0, 0.1) is 0 Å². The van der Waals surface area contributed by atoms with Crippen molar-refractivity contribution in [3.63, 3.8) is 0 Å². The minimum absolute atomic E-state index is 0.181. The summed E-state index contributed by atoms with van der Waals surface area (Å²) < 4.78 is 19.5. The van der Waals surface area contributed by atoms with Crippen LogP contribution in [0.15, 0.2) is 117 Å². The number of carbonyl (C=O) groups is 1. The van der Waals surface area contributed by atoms with Crippen molar-refractivity contribution >= 4 is 52.4 Å². The van der Waals surface area contributed by atoms with Gasteiger partial charge in [0, 0.05) is 21.0 Å². The summed E-state index contributed by atoms with van der Waals surface area (Å²) >= 11 is 9.06. The van der Waals surface area contributed by atoms with Crippen LogP contribution >= 0.6 is 34.7 Å². The Balaban J connectivity index is 1.55. The number of fused-ring (bicyclic) bond motifs is 1. The highest BCUT2D eigenvalue weighted by molar-refractivity contribution is 7.98. The lowest BCUT2D eigenvalue weighted by atomic mass is 9.93. The van der Waals surface area contributed by atoms with Crippen LogP contribution < -0.4 is 24.4 Å². The minimum Gasteiger partial charge on any atom is -0.493 e. The van der Waals surface area contributed by atoms with E-state index in [1.165, 1.54) is 11.3 Å². The van der Waals surface area contributed by atoms with Gasteiger partial charge in [-0.1, -0.05) is 89.7 Å². The zero-order valence-corrected chi connectivity index (χ0v) is 28.3. The van der Waals surface area contributed by atoms with Crippen LogP contribution in [0.3, 0.4) is 0 Å². The molecule has 0 saturated heterocycles. The molecule has 0 radical (unpaired) electrons. The van der Waals surface area contributed by atoms with Crippen molar-refractivity contribution in [1.82, 2.24) is 4.57 Å². The maximum atomic E-state index is 14.4. The fraction of sp³-hybridized carbons (Fsp3) is 0.162. The molecule has 2 heterocycles.